The third-order valence-electron chi connectivity index (χ3n) is 6.95. The van der Waals surface area contributed by atoms with Gasteiger partial charge in [0.2, 0.25) is 11.6 Å². The maximum Gasteiger partial charge on any atom is 0.405 e. The van der Waals surface area contributed by atoms with Gasteiger partial charge in [0, 0.05) is 37.4 Å². The van der Waals surface area contributed by atoms with Crippen LogP contribution in [-0.4, -0.2) is 74.4 Å². The highest BCUT2D eigenvalue weighted by Crippen LogP contribution is 2.29. The first-order valence-corrected chi connectivity index (χ1v) is 13.0. The molecular weight excluding hydrogens is 520 g/mol. The number of rotatable bonds is 4. The summed E-state index contributed by atoms with van der Waals surface area (Å²) in [6.45, 7) is 6.92. The number of allylic oxidation sites excluding steroid dienone is 4. The van der Waals surface area contributed by atoms with Crippen LogP contribution in [0.1, 0.15) is 40.5 Å². The quantitative estimate of drug-likeness (QED) is 0.346. The molecule has 0 fully saturated rings. The molecule has 2 bridgehead atoms. The number of fused-ring (bicyclic) bond motifs is 2. The number of aliphatic hydroxyl groups excluding tert-OH is 1. The fourth-order valence-corrected chi connectivity index (χ4v) is 4.78. The Hall–Kier alpha value is -3.54. The predicted octanol–water partition coefficient (Wildman–Crippen LogP) is 2.41. The molecule has 11 nitrogen and oxygen atoms in total. The van der Waals surface area contributed by atoms with Crippen LogP contribution in [0, 0.1) is 11.8 Å². The lowest BCUT2D eigenvalue weighted by Crippen LogP contribution is -2.37. The van der Waals surface area contributed by atoms with Gasteiger partial charge in [-0.05, 0) is 38.2 Å². The van der Waals surface area contributed by atoms with Gasteiger partial charge in [-0.1, -0.05) is 38.2 Å². The van der Waals surface area contributed by atoms with Gasteiger partial charge in [-0.15, -0.1) is 0 Å². The van der Waals surface area contributed by atoms with Crippen LogP contribution >= 0.6 is 0 Å². The lowest BCUT2D eigenvalue weighted by Gasteiger charge is -2.29. The molecular formula is C29H40N2O9. The summed E-state index contributed by atoms with van der Waals surface area (Å²) in [4.78, 5) is 50.6. The third kappa shape index (κ3) is 8.23. The summed E-state index contributed by atoms with van der Waals surface area (Å²) in [6.07, 6.45) is 3.61. The van der Waals surface area contributed by atoms with Crippen molar-refractivity contribution < 1.29 is 43.2 Å². The molecule has 6 atom stereocenters. The number of hydrogen-bond acceptors (Lipinski definition) is 9. The van der Waals surface area contributed by atoms with E-state index in [9.17, 15) is 24.3 Å². The number of Topliss-reactive ketones (excluding diaryl/α,β-unsaturated/α-hetero) is 1. The van der Waals surface area contributed by atoms with E-state index in [1.165, 1.54) is 34.3 Å². The summed E-state index contributed by atoms with van der Waals surface area (Å²) < 4.78 is 21.7. The third-order valence-corrected chi connectivity index (χ3v) is 6.95. The summed E-state index contributed by atoms with van der Waals surface area (Å²) in [5, 5.41) is 13.7. The molecule has 0 aromatic heterocycles. The molecule has 0 radical (unpaired) electrons. The number of carbonyl (C=O) groups excluding carboxylic acids is 4. The molecule has 4 N–H and O–H groups in total. The van der Waals surface area contributed by atoms with E-state index >= 15 is 0 Å². The first kappa shape index (κ1) is 32.7. The molecule has 2 amide bonds. The van der Waals surface area contributed by atoms with Crippen molar-refractivity contribution in [3.05, 3.63) is 58.6 Å². The molecule has 1 aliphatic heterocycles. The van der Waals surface area contributed by atoms with Gasteiger partial charge in [-0.3, -0.25) is 14.4 Å². The summed E-state index contributed by atoms with van der Waals surface area (Å²) in [5.41, 5.74) is 6.12. The Morgan fingerprint density at radius 3 is 2.35 bits per heavy atom. The molecule has 0 aromatic carbocycles. The molecule has 2 aliphatic rings. The second-order valence-corrected chi connectivity index (χ2v) is 10.1. The summed E-state index contributed by atoms with van der Waals surface area (Å²) in [6, 6.07) is 0. The fraction of sp³-hybridized carbons (Fsp3) is 0.517. The average molecular weight is 561 g/mol. The van der Waals surface area contributed by atoms with Crippen molar-refractivity contribution >= 4 is 23.6 Å². The number of ether oxygens (including phenoxy) is 4. The van der Waals surface area contributed by atoms with Gasteiger partial charge >= 0.3 is 6.09 Å². The standard InChI is InChI=1S/C29H40N2O9/c1-15-11-19-25(34)20(14-21(32)27(19)39-7)31-28(35)16(2)9-8-10-22(37-5)26(40-29(30)36)18(4)13-17(3)24(33)23(12-15)38-6/h8-10,13-15,17,22-24,26,33H,11-12H2,1-7H3,(H2,30,36)(H,31,35)/b10-8-,16-9-,18-13-/t15-,17-,22+,23-,24+,26-/m1/s1. The van der Waals surface area contributed by atoms with Gasteiger partial charge < -0.3 is 35.1 Å². The topological polar surface area (TPSA) is 163 Å². The average Bonchev–Trinajstić information content (AvgIpc) is 2.90. The number of aliphatic hydroxyl groups is 1. The van der Waals surface area contributed by atoms with E-state index < -0.39 is 53.9 Å². The van der Waals surface area contributed by atoms with Gasteiger partial charge in [-0.25, -0.2) is 4.79 Å². The van der Waals surface area contributed by atoms with Gasteiger partial charge in [0.25, 0.3) is 5.91 Å². The Bertz CT molecular complexity index is 1150. The van der Waals surface area contributed by atoms with Crippen molar-refractivity contribution in [2.75, 3.05) is 21.3 Å². The minimum absolute atomic E-state index is 0.0801. The zero-order chi connectivity index (χ0) is 30.1. The van der Waals surface area contributed by atoms with Crippen LogP contribution in [-0.2, 0) is 33.3 Å². The SMILES string of the molecule is COC1=C2C[C@@H](C)C[C@@H](OC)[C@@H](O)[C@H](C)/C=C(/C)[C@@H](OC(N)=O)[C@@H](OC)/C=C\C=C(\C)C(=O)NC(=CC1=O)C2=O. The molecule has 0 saturated carbocycles. The highest BCUT2D eigenvalue weighted by Gasteiger charge is 2.34. The lowest BCUT2D eigenvalue weighted by atomic mass is 9.85. The zero-order valence-electron chi connectivity index (χ0n) is 24.1. The van der Waals surface area contributed by atoms with Gasteiger partial charge in [0.1, 0.15) is 6.10 Å². The van der Waals surface area contributed by atoms with Gasteiger partial charge in [-0.2, -0.15) is 0 Å². The van der Waals surface area contributed by atoms with Crippen molar-refractivity contribution in [1.82, 2.24) is 5.32 Å². The largest absolute Gasteiger partial charge is 0.492 e. The Balaban J connectivity index is 2.60. The first-order chi connectivity index (χ1) is 18.8. The highest BCUT2D eigenvalue weighted by molar-refractivity contribution is 6.23. The number of methoxy groups -OCH3 is 3. The molecule has 220 valence electrons. The highest BCUT2D eigenvalue weighted by atomic mass is 16.6. The molecule has 0 saturated heterocycles. The normalized spacial score (nSPS) is 32.7. The number of nitrogens with two attached hydrogens (primary N) is 1. The minimum atomic E-state index is -1.00. The van der Waals surface area contributed by atoms with Crippen LogP contribution in [0.2, 0.25) is 0 Å². The van der Waals surface area contributed by atoms with Crippen molar-refractivity contribution in [1.29, 1.82) is 0 Å². The maximum absolute atomic E-state index is 13.3. The number of carbonyl (C=O) groups is 4. The van der Waals surface area contributed by atoms with Gasteiger partial charge in [0.05, 0.1) is 25.0 Å². The van der Waals surface area contributed by atoms with E-state index in [1.54, 1.807) is 32.1 Å². The Kier molecular flexibility index (Phi) is 12.0. The van der Waals surface area contributed by atoms with Crippen LogP contribution < -0.4 is 11.1 Å². The number of hydrogen-bond donors (Lipinski definition) is 3. The molecule has 1 heterocycles. The Labute approximate surface area is 234 Å². The predicted molar refractivity (Wildman–Crippen MR) is 147 cm³/mol. The molecule has 2 rings (SSSR count). The molecule has 40 heavy (non-hydrogen) atoms. The Morgan fingerprint density at radius 1 is 1.10 bits per heavy atom. The Morgan fingerprint density at radius 2 is 1.77 bits per heavy atom. The second-order valence-electron chi connectivity index (χ2n) is 10.1. The second kappa shape index (κ2) is 14.7. The van der Waals surface area contributed by atoms with E-state index in [4.69, 9.17) is 24.7 Å². The van der Waals surface area contributed by atoms with Gasteiger partial charge in [0.15, 0.2) is 11.9 Å². The molecule has 0 unspecified atom stereocenters. The van der Waals surface area contributed by atoms with E-state index in [0.717, 1.165) is 6.08 Å². The smallest absolute Gasteiger partial charge is 0.405 e. The number of primary amides is 1. The van der Waals surface area contributed by atoms with E-state index in [1.807, 2.05) is 6.92 Å². The zero-order valence-corrected chi connectivity index (χ0v) is 24.1. The van der Waals surface area contributed by atoms with Crippen molar-refractivity contribution in [3.63, 3.8) is 0 Å². The summed E-state index contributed by atoms with van der Waals surface area (Å²) in [7, 11) is 4.21. The number of nitrogens with one attached hydrogen (secondary N) is 1. The molecule has 0 aromatic rings. The molecule has 11 heteroatoms. The van der Waals surface area contributed by atoms with E-state index in [0.29, 0.717) is 12.0 Å². The van der Waals surface area contributed by atoms with Crippen molar-refractivity contribution in [2.45, 2.75) is 65.0 Å². The van der Waals surface area contributed by atoms with Crippen molar-refractivity contribution in [2.24, 2.45) is 17.6 Å². The van der Waals surface area contributed by atoms with Crippen LogP contribution in [0.5, 0.6) is 0 Å². The summed E-state index contributed by atoms with van der Waals surface area (Å²) in [5.74, 6) is -2.39. The molecule has 0 spiro atoms. The van der Waals surface area contributed by atoms with Crippen LogP contribution in [0.4, 0.5) is 4.79 Å². The lowest BCUT2D eigenvalue weighted by molar-refractivity contribution is -0.120. The fourth-order valence-electron chi connectivity index (χ4n) is 4.78. The van der Waals surface area contributed by atoms with Crippen LogP contribution in [0.3, 0.4) is 0 Å². The number of ketones is 2. The molecule has 1 aliphatic carbocycles. The number of amides is 2. The maximum atomic E-state index is 13.3. The van der Waals surface area contributed by atoms with E-state index in [-0.39, 0.29) is 34.9 Å². The van der Waals surface area contributed by atoms with Crippen LogP contribution in [0.15, 0.2) is 58.6 Å². The minimum Gasteiger partial charge on any atom is -0.492 e. The summed E-state index contributed by atoms with van der Waals surface area (Å²) >= 11 is 0. The van der Waals surface area contributed by atoms with E-state index in [2.05, 4.69) is 5.32 Å². The first-order valence-electron chi connectivity index (χ1n) is 13.0. The van der Waals surface area contributed by atoms with Crippen molar-refractivity contribution in [3.8, 4) is 0 Å². The monoisotopic (exact) mass is 560 g/mol. The van der Waals surface area contributed by atoms with Crippen LogP contribution in [0.25, 0.3) is 0 Å².